The van der Waals surface area contributed by atoms with Crippen LogP contribution in [0.25, 0.3) is 11.4 Å². The normalized spacial score (nSPS) is 10.3. The fourth-order valence-electron chi connectivity index (χ4n) is 1.41. The summed E-state index contributed by atoms with van der Waals surface area (Å²) in [6.07, 6.45) is 3.19. The van der Waals surface area contributed by atoms with E-state index in [1.165, 1.54) is 11.8 Å². The molecule has 0 unspecified atom stereocenters. The van der Waals surface area contributed by atoms with Crippen LogP contribution in [0.2, 0.25) is 5.02 Å². The molecule has 20 heavy (non-hydrogen) atoms. The van der Waals surface area contributed by atoms with Crippen LogP contribution in [0.1, 0.15) is 6.92 Å². The molecule has 0 aromatic carbocycles. The zero-order chi connectivity index (χ0) is 14.4. The summed E-state index contributed by atoms with van der Waals surface area (Å²) >= 11 is 7.02. The molecule has 0 atom stereocenters. The zero-order valence-electron chi connectivity index (χ0n) is 10.7. The van der Waals surface area contributed by atoms with E-state index in [1.807, 2.05) is 0 Å². The van der Waals surface area contributed by atoms with E-state index >= 15 is 0 Å². The highest BCUT2D eigenvalue weighted by Gasteiger charge is 2.07. The molecule has 7 heteroatoms. The topological polar surface area (TPSA) is 65.0 Å². The van der Waals surface area contributed by atoms with Crippen LogP contribution in [-0.2, 0) is 9.53 Å². The van der Waals surface area contributed by atoms with Crippen molar-refractivity contribution in [2.75, 3.05) is 12.4 Å². The molecule has 2 rings (SSSR count). The summed E-state index contributed by atoms with van der Waals surface area (Å²) in [5, 5.41) is 1.08. The number of ether oxygens (including phenoxy) is 1. The molecule has 0 amide bonds. The summed E-state index contributed by atoms with van der Waals surface area (Å²) < 4.78 is 4.85. The van der Waals surface area contributed by atoms with Crippen molar-refractivity contribution < 1.29 is 9.53 Å². The Labute approximate surface area is 125 Å². The number of carbonyl (C=O) groups excluding carboxylic acids is 1. The van der Waals surface area contributed by atoms with Crippen molar-refractivity contribution in [1.82, 2.24) is 15.0 Å². The Morgan fingerprint density at radius 1 is 1.30 bits per heavy atom. The number of halogens is 1. The van der Waals surface area contributed by atoms with Gasteiger partial charge in [-0.25, -0.2) is 9.97 Å². The predicted octanol–water partition coefficient (Wildman–Crippen LogP) is 2.85. The number of hydrogen-bond donors (Lipinski definition) is 0. The van der Waals surface area contributed by atoms with Gasteiger partial charge in [0.1, 0.15) is 0 Å². The monoisotopic (exact) mass is 309 g/mol. The van der Waals surface area contributed by atoms with Crippen LogP contribution in [-0.4, -0.2) is 33.3 Å². The van der Waals surface area contributed by atoms with Crippen molar-refractivity contribution in [2.45, 2.75) is 12.1 Å². The number of hydrogen-bond acceptors (Lipinski definition) is 6. The number of nitrogens with zero attached hydrogens (tertiary/aromatic N) is 3. The van der Waals surface area contributed by atoms with Crippen molar-refractivity contribution in [3.8, 4) is 11.4 Å². The molecule has 2 heterocycles. The van der Waals surface area contributed by atoms with Crippen molar-refractivity contribution in [1.29, 1.82) is 0 Å². The first-order valence-electron chi connectivity index (χ1n) is 5.92. The van der Waals surface area contributed by atoms with Gasteiger partial charge in [-0.15, -0.1) is 0 Å². The van der Waals surface area contributed by atoms with Crippen molar-refractivity contribution in [2.24, 2.45) is 0 Å². The van der Waals surface area contributed by atoms with Crippen LogP contribution in [0, 0.1) is 0 Å². The molecule has 0 radical (unpaired) electrons. The molecule has 0 N–H and O–H groups in total. The third-order valence-electron chi connectivity index (χ3n) is 2.25. The maximum atomic E-state index is 11.3. The number of rotatable bonds is 5. The van der Waals surface area contributed by atoms with Gasteiger partial charge < -0.3 is 4.74 Å². The van der Waals surface area contributed by atoms with Gasteiger partial charge in [-0.3, -0.25) is 9.78 Å². The third-order valence-corrected chi connectivity index (χ3v) is 3.31. The summed E-state index contributed by atoms with van der Waals surface area (Å²) in [5.41, 5.74) is 1.39. The van der Waals surface area contributed by atoms with Crippen LogP contribution in [0.3, 0.4) is 0 Å². The average molecular weight is 310 g/mol. The molecule has 0 spiro atoms. The van der Waals surface area contributed by atoms with E-state index in [0.717, 1.165) is 0 Å². The summed E-state index contributed by atoms with van der Waals surface area (Å²) in [5.74, 6) is -0.0955. The SMILES string of the molecule is CCOC(=O)CSc1nccc(-c2ccc(Cl)cn2)n1. The summed E-state index contributed by atoms with van der Waals surface area (Å²) in [6, 6.07) is 5.28. The molecule has 0 saturated heterocycles. The van der Waals surface area contributed by atoms with E-state index in [4.69, 9.17) is 16.3 Å². The van der Waals surface area contributed by atoms with Gasteiger partial charge in [-0.2, -0.15) is 0 Å². The lowest BCUT2D eigenvalue weighted by Crippen LogP contribution is -2.07. The predicted molar refractivity (Wildman–Crippen MR) is 77.6 cm³/mol. The minimum absolute atomic E-state index is 0.186. The van der Waals surface area contributed by atoms with E-state index in [2.05, 4.69) is 15.0 Å². The molecule has 0 aliphatic carbocycles. The fraction of sp³-hybridized carbons (Fsp3) is 0.231. The minimum Gasteiger partial charge on any atom is -0.465 e. The van der Waals surface area contributed by atoms with Crippen LogP contribution >= 0.6 is 23.4 Å². The lowest BCUT2D eigenvalue weighted by Gasteiger charge is -2.03. The first-order chi connectivity index (χ1) is 9.69. The smallest absolute Gasteiger partial charge is 0.316 e. The number of pyridine rings is 1. The molecule has 2 aromatic heterocycles. The standard InChI is InChI=1S/C13H12ClN3O2S/c1-2-19-12(18)8-20-13-15-6-5-11(17-13)10-4-3-9(14)7-16-10/h3-7H,2,8H2,1H3. The first-order valence-corrected chi connectivity index (χ1v) is 7.29. The molecule has 104 valence electrons. The lowest BCUT2D eigenvalue weighted by atomic mass is 10.3. The van der Waals surface area contributed by atoms with Crippen molar-refractivity contribution >= 4 is 29.3 Å². The van der Waals surface area contributed by atoms with Gasteiger partial charge in [0.25, 0.3) is 0 Å². The van der Waals surface area contributed by atoms with Gasteiger partial charge >= 0.3 is 5.97 Å². The summed E-state index contributed by atoms with van der Waals surface area (Å²) in [4.78, 5) is 23.9. The third kappa shape index (κ3) is 4.18. The highest BCUT2D eigenvalue weighted by molar-refractivity contribution is 7.99. The Kier molecular flexibility index (Phi) is 5.31. The second-order valence-electron chi connectivity index (χ2n) is 3.68. The maximum absolute atomic E-state index is 11.3. The molecule has 0 saturated carbocycles. The van der Waals surface area contributed by atoms with Crippen LogP contribution in [0.5, 0.6) is 0 Å². The summed E-state index contributed by atoms with van der Waals surface area (Å²) in [6.45, 7) is 2.14. The minimum atomic E-state index is -0.281. The van der Waals surface area contributed by atoms with Gasteiger partial charge in [0, 0.05) is 12.4 Å². The number of esters is 1. The highest BCUT2D eigenvalue weighted by Crippen LogP contribution is 2.19. The zero-order valence-corrected chi connectivity index (χ0v) is 12.3. The van der Waals surface area contributed by atoms with E-state index in [0.29, 0.717) is 28.2 Å². The van der Waals surface area contributed by atoms with Crippen molar-refractivity contribution in [3.63, 3.8) is 0 Å². The molecule has 0 aliphatic rings. The second-order valence-corrected chi connectivity index (χ2v) is 5.06. The highest BCUT2D eigenvalue weighted by atomic mass is 35.5. The molecule has 5 nitrogen and oxygen atoms in total. The molecular formula is C13H12ClN3O2S. The van der Waals surface area contributed by atoms with Gasteiger partial charge in [-0.05, 0) is 25.1 Å². The maximum Gasteiger partial charge on any atom is 0.316 e. The Hall–Kier alpha value is -1.66. The number of thioether (sulfide) groups is 1. The number of aromatic nitrogens is 3. The van der Waals surface area contributed by atoms with Gasteiger partial charge in [0.15, 0.2) is 5.16 Å². The molecular weight excluding hydrogens is 298 g/mol. The Balaban J connectivity index is 2.08. The molecule has 0 aliphatic heterocycles. The lowest BCUT2D eigenvalue weighted by molar-refractivity contribution is -0.139. The van der Waals surface area contributed by atoms with Crippen molar-refractivity contribution in [3.05, 3.63) is 35.6 Å². The van der Waals surface area contributed by atoms with Gasteiger partial charge in [0.2, 0.25) is 0 Å². The van der Waals surface area contributed by atoms with E-state index < -0.39 is 0 Å². The van der Waals surface area contributed by atoms with Gasteiger partial charge in [0.05, 0.1) is 28.8 Å². The van der Waals surface area contributed by atoms with E-state index in [9.17, 15) is 4.79 Å². The quantitative estimate of drug-likeness (QED) is 0.481. The molecule has 0 fully saturated rings. The fourth-order valence-corrected chi connectivity index (χ4v) is 2.15. The average Bonchev–Trinajstić information content (AvgIpc) is 2.47. The van der Waals surface area contributed by atoms with Crippen LogP contribution in [0.4, 0.5) is 0 Å². The van der Waals surface area contributed by atoms with E-state index in [-0.39, 0.29) is 11.7 Å². The molecule has 2 aromatic rings. The second kappa shape index (κ2) is 7.21. The van der Waals surface area contributed by atoms with E-state index in [1.54, 1.807) is 37.5 Å². The Bertz CT molecular complexity index is 592. The van der Waals surface area contributed by atoms with Crippen LogP contribution in [0.15, 0.2) is 35.7 Å². The Morgan fingerprint density at radius 3 is 2.85 bits per heavy atom. The molecule has 0 bridgehead atoms. The Morgan fingerprint density at radius 2 is 2.15 bits per heavy atom. The number of carbonyl (C=O) groups is 1. The first kappa shape index (κ1) is 14.7. The van der Waals surface area contributed by atoms with Gasteiger partial charge in [-0.1, -0.05) is 23.4 Å². The largest absolute Gasteiger partial charge is 0.465 e. The summed E-state index contributed by atoms with van der Waals surface area (Å²) in [7, 11) is 0. The van der Waals surface area contributed by atoms with Crippen LogP contribution < -0.4 is 0 Å².